The standard InChI is InChI=1S/C8H11ClO3S/c9-6-4(7(13)8(11)12)2-1-3-5(6)10/h4,6-7,13H,1-3H2,(H,11,12). The third-order valence-corrected chi connectivity index (χ3v) is 3.47. The molecule has 1 rings (SSSR count). The molecule has 3 unspecified atom stereocenters. The molecular weight excluding hydrogens is 212 g/mol. The topological polar surface area (TPSA) is 54.4 Å². The number of alkyl halides is 1. The highest BCUT2D eigenvalue weighted by molar-refractivity contribution is 7.81. The summed E-state index contributed by atoms with van der Waals surface area (Å²) in [6, 6.07) is 0. The summed E-state index contributed by atoms with van der Waals surface area (Å²) in [7, 11) is 0. The number of thiol groups is 1. The van der Waals surface area contributed by atoms with Crippen molar-refractivity contribution in [2.75, 3.05) is 0 Å². The molecule has 0 radical (unpaired) electrons. The van der Waals surface area contributed by atoms with Crippen molar-refractivity contribution in [3.63, 3.8) is 0 Å². The van der Waals surface area contributed by atoms with Crippen molar-refractivity contribution in [1.82, 2.24) is 0 Å². The summed E-state index contributed by atoms with van der Waals surface area (Å²) < 4.78 is 0. The number of hydrogen-bond donors (Lipinski definition) is 2. The lowest BCUT2D eigenvalue weighted by molar-refractivity contribution is -0.137. The molecule has 1 saturated carbocycles. The Balaban J connectivity index is 2.67. The monoisotopic (exact) mass is 222 g/mol. The van der Waals surface area contributed by atoms with E-state index >= 15 is 0 Å². The quantitative estimate of drug-likeness (QED) is 0.548. The summed E-state index contributed by atoms with van der Waals surface area (Å²) in [4.78, 5) is 21.8. The third-order valence-electron chi connectivity index (χ3n) is 2.30. The Kier molecular flexibility index (Phi) is 3.62. The number of ketones is 1. The van der Waals surface area contributed by atoms with E-state index in [1.165, 1.54) is 0 Å². The Bertz CT molecular complexity index is 227. The van der Waals surface area contributed by atoms with Crippen molar-refractivity contribution in [2.24, 2.45) is 5.92 Å². The molecule has 5 heteroatoms. The number of carboxylic acids is 1. The molecule has 0 spiro atoms. The van der Waals surface area contributed by atoms with Crippen LogP contribution in [0, 0.1) is 5.92 Å². The second kappa shape index (κ2) is 4.33. The first-order valence-corrected chi connectivity index (χ1v) is 5.07. The van der Waals surface area contributed by atoms with E-state index in [1.54, 1.807) is 0 Å². The number of Topliss-reactive ketones (excluding diaryl/α,β-unsaturated/α-hetero) is 1. The van der Waals surface area contributed by atoms with Crippen LogP contribution in [0.3, 0.4) is 0 Å². The molecule has 13 heavy (non-hydrogen) atoms. The second-order valence-electron chi connectivity index (χ2n) is 3.21. The molecule has 74 valence electrons. The Morgan fingerprint density at radius 1 is 1.69 bits per heavy atom. The predicted octanol–water partition coefficient (Wildman–Crippen LogP) is 1.35. The van der Waals surface area contributed by atoms with E-state index in [-0.39, 0.29) is 11.7 Å². The molecule has 0 saturated heterocycles. The number of carboxylic acid groups (broad SMARTS) is 1. The highest BCUT2D eigenvalue weighted by Gasteiger charge is 2.37. The van der Waals surface area contributed by atoms with Crippen LogP contribution in [0.2, 0.25) is 0 Å². The minimum Gasteiger partial charge on any atom is -0.480 e. The number of carbonyl (C=O) groups is 2. The van der Waals surface area contributed by atoms with E-state index in [2.05, 4.69) is 12.6 Å². The lowest BCUT2D eigenvalue weighted by atomic mass is 9.85. The number of carbonyl (C=O) groups excluding carboxylic acids is 1. The van der Waals surface area contributed by atoms with E-state index in [4.69, 9.17) is 16.7 Å². The van der Waals surface area contributed by atoms with Crippen LogP contribution in [0.5, 0.6) is 0 Å². The molecule has 3 nitrogen and oxygen atoms in total. The van der Waals surface area contributed by atoms with E-state index in [9.17, 15) is 9.59 Å². The van der Waals surface area contributed by atoms with E-state index in [0.717, 1.165) is 6.42 Å². The summed E-state index contributed by atoms with van der Waals surface area (Å²) in [6.07, 6.45) is 1.85. The Morgan fingerprint density at radius 3 is 2.85 bits per heavy atom. The van der Waals surface area contributed by atoms with Crippen LogP contribution < -0.4 is 0 Å². The van der Waals surface area contributed by atoms with E-state index in [0.29, 0.717) is 12.8 Å². The summed E-state index contributed by atoms with van der Waals surface area (Å²) in [5, 5.41) is 7.19. The van der Waals surface area contributed by atoms with E-state index in [1.807, 2.05) is 0 Å². The zero-order valence-electron chi connectivity index (χ0n) is 6.94. The van der Waals surface area contributed by atoms with Gasteiger partial charge in [-0.1, -0.05) is 0 Å². The smallest absolute Gasteiger partial charge is 0.316 e. The number of hydrogen-bond acceptors (Lipinski definition) is 3. The van der Waals surface area contributed by atoms with Crippen molar-refractivity contribution >= 4 is 36.0 Å². The van der Waals surface area contributed by atoms with Crippen molar-refractivity contribution in [1.29, 1.82) is 0 Å². The summed E-state index contributed by atoms with van der Waals surface area (Å²) in [5.74, 6) is -1.39. The van der Waals surface area contributed by atoms with Crippen LogP contribution in [0.1, 0.15) is 19.3 Å². The van der Waals surface area contributed by atoms with Gasteiger partial charge in [-0.2, -0.15) is 12.6 Å². The molecule has 0 aromatic carbocycles. The number of halogens is 1. The first-order valence-electron chi connectivity index (χ1n) is 4.11. The van der Waals surface area contributed by atoms with Crippen LogP contribution >= 0.6 is 24.2 Å². The molecule has 0 amide bonds. The van der Waals surface area contributed by atoms with Crippen LogP contribution in [-0.4, -0.2) is 27.5 Å². The molecule has 1 fully saturated rings. The maximum absolute atomic E-state index is 11.2. The predicted molar refractivity (Wildman–Crippen MR) is 52.4 cm³/mol. The van der Waals surface area contributed by atoms with Gasteiger partial charge in [-0.25, -0.2) is 0 Å². The van der Waals surface area contributed by atoms with Crippen LogP contribution in [-0.2, 0) is 9.59 Å². The zero-order chi connectivity index (χ0) is 10.0. The average Bonchev–Trinajstić information content (AvgIpc) is 2.08. The third kappa shape index (κ3) is 2.38. The number of rotatable bonds is 2. The molecule has 1 aliphatic carbocycles. The van der Waals surface area contributed by atoms with Crippen LogP contribution in [0.4, 0.5) is 0 Å². The van der Waals surface area contributed by atoms with Crippen LogP contribution in [0.25, 0.3) is 0 Å². The fraction of sp³-hybridized carbons (Fsp3) is 0.750. The molecule has 3 atom stereocenters. The molecule has 0 aliphatic heterocycles. The fourth-order valence-corrected chi connectivity index (χ4v) is 2.34. The fourth-order valence-electron chi connectivity index (χ4n) is 1.54. The normalized spacial score (nSPS) is 31.4. The van der Waals surface area contributed by atoms with Gasteiger partial charge in [0.05, 0.1) is 5.38 Å². The van der Waals surface area contributed by atoms with Gasteiger partial charge in [0.25, 0.3) is 0 Å². The van der Waals surface area contributed by atoms with Gasteiger partial charge in [-0.3, -0.25) is 9.59 Å². The first kappa shape index (κ1) is 10.9. The van der Waals surface area contributed by atoms with Gasteiger partial charge >= 0.3 is 5.97 Å². The first-order chi connectivity index (χ1) is 6.04. The van der Waals surface area contributed by atoms with Crippen LogP contribution in [0.15, 0.2) is 0 Å². The highest BCUT2D eigenvalue weighted by Crippen LogP contribution is 2.31. The second-order valence-corrected chi connectivity index (χ2v) is 4.23. The van der Waals surface area contributed by atoms with Crippen molar-refractivity contribution in [3.8, 4) is 0 Å². The summed E-state index contributed by atoms with van der Waals surface area (Å²) in [5.41, 5.74) is 0. The number of aliphatic carboxylic acids is 1. The van der Waals surface area contributed by atoms with Crippen molar-refractivity contribution in [2.45, 2.75) is 29.9 Å². The highest BCUT2D eigenvalue weighted by atomic mass is 35.5. The largest absolute Gasteiger partial charge is 0.480 e. The summed E-state index contributed by atoms with van der Waals surface area (Å²) >= 11 is 9.74. The molecule has 0 aromatic heterocycles. The maximum Gasteiger partial charge on any atom is 0.316 e. The summed E-state index contributed by atoms with van der Waals surface area (Å²) in [6.45, 7) is 0. The molecule has 0 heterocycles. The molecule has 0 aromatic rings. The van der Waals surface area contributed by atoms with Gasteiger partial charge in [-0.05, 0) is 12.8 Å². The van der Waals surface area contributed by atoms with Gasteiger partial charge in [-0.15, -0.1) is 11.6 Å². The van der Waals surface area contributed by atoms with Gasteiger partial charge in [0, 0.05) is 12.3 Å². The average molecular weight is 223 g/mol. The molecular formula is C8H11ClO3S. The zero-order valence-corrected chi connectivity index (χ0v) is 8.59. The Morgan fingerprint density at radius 2 is 2.31 bits per heavy atom. The molecule has 0 bridgehead atoms. The maximum atomic E-state index is 11.2. The Hall–Kier alpha value is -0.220. The SMILES string of the molecule is O=C(O)C(S)C1CCCC(=O)C1Cl. The molecule has 1 aliphatic rings. The van der Waals surface area contributed by atoms with Gasteiger partial charge in [0.2, 0.25) is 0 Å². The minimum atomic E-state index is -1.01. The van der Waals surface area contributed by atoms with Gasteiger partial charge in [0.15, 0.2) is 5.78 Å². The lowest BCUT2D eigenvalue weighted by Crippen LogP contribution is -2.38. The van der Waals surface area contributed by atoms with E-state index < -0.39 is 16.6 Å². The minimum absolute atomic E-state index is 0.0572. The lowest BCUT2D eigenvalue weighted by Gasteiger charge is -2.28. The van der Waals surface area contributed by atoms with Crippen molar-refractivity contribution < 1.29 is 14.7 Å². The Labute approximate surface area is 86.9 Å². The van der Waals surface area contributed by atoms with Gasteiger partial charge in [0.1, 0.15) is 5.25 Å². The molecule has 1 N–H and O–H groups in total. The van der Waals surface area contributed by atoms with Crippen molar-refractivity contribution in [3.05, 3.63) is 0 Å². The van der Waals surface area contributed by atoms with Gasteiger partial charge < -0.3 is 5.11 Å².